The number of anilines is 1. The summed E-state index contributed by atoms with van der Waals surface area (Å²) in [5.74, 6) is -0.165. The van der Waals surface area contributed by atoms with Crippen LogP contribution in [0.1, 0.15) is 22.0 Å². The van der Waals surface area contributed by atoms with Crippen LogP contribution in [0.15, 0.2) is 42.5 Å². The van der Waals surface area contributed by atoms with Crippen molar-refractivity contribution < 1.29 is 9.53 Å². The first-order chi connectivity index (χ1) is 13.5. The van der Waals surface area contributed by atoms with Crippen molar-refractivity contribution in [3.05, 3.63) is 63.6 Å². The van der Waals surface area contributed by atoms with Gasteiger partial charge in [0.1, 0.15) is 0 Å². The largest absolute Gasteiger partial charge is 0.379 e. The highest BCUT2D eigenvalue weighted by molar-refractivity contribution is 6.42. The van der Waals surface area contributed by atoms with Crippen molar-refractivity contribution in [1.82, 2.24) is 10.2 Å². The lowest BCUT2D eigenvalue weighted by molar-refractivity contribution is 0.0162. The topological polar surface area (TPSA) is 44.8 Å². The Morgan fingerprint density at radius 2 is 1.79 bits per heavy atom. The van der Waals surface area contributed by atoms with E-state index in [-0.39, 0.29) is 11.9 Å². The molecule has 0 unspecified atom stereocenters. The summed E-state index contributed by atoms with van der Waals surface area (Å²) in [5.41, 5.74) is 2.81. The highest BCUT2D eigenvalue weighted by atomic mass is 35.5. The Kier molecular flexibility index (Phi) is 7.18. The van der Waals surface area contributed by atoms with E-state index in [0.29, 0.717) is 35.4 Å². The van der Waals surface area contributed by atoms with Crippen LogP contribution >= 0.6 is 23.2 Å². The van der Waals surface area contributed by atoms with Crippen LogP contribution in [-0.4, -0.2) is 57.8 Å². The molecule has 2 aromatic carbocycles. The zero-order valence-corrected chi connectivity index (χ0v) is 17.6. The number of carbonyl (C=O) groups excluding carboxylic acids is 1. The quantitative estimate of drug-likeness (QED) is 0.768. The van der Waals surface area contributed by atoms with Gasteiger partial charge in [0.25, 0.3) is 5.91 Å². The van der Waals surface area contributed by atoms with Crippen molar-refractivity contribution >= 4 is 34.8 Å². The number of morpholine rings is 1. The standard InChI is InChI=1S/C21H25Cl2N3O2/c1-25(2)17-6-3-15(4-7-17)20(26-9-11-28-12-10-26)14-24-21(27)16-5-8-18(22)19(23)13-16/h3-8,13,20H,9-12,14H2,1-2H3,(H,24,27)/t20-/m1/s1. The summed E-state index contributed by atoms with van der Waals surface area (Å²) >= 11 is 12.0. The minimum Gasteiger partial charge on any atom is -0.379 e. The smallest absolute Gasteiger partial charge is 0.251 e. The van der Waals surface area contributed by atoms with Crippen molar-refractivity contribution in [1.29, 1.82) is 0 Å². The van der Waals surface area contributed by atoms with E-state index < -0.39 is 0 Å². The minimum atomic E-state index is -0.165. The fourth-order valence-electron chi connectivity index (χ4n) is 3.27. The van der Waals surface area contributed by atoms with Gasteiger partial charge >= 0.3 is 0 Å². The lowest BCUT2D eigenvalue weighted by Gasteiger charge is -2.35. The van der Waals surface area contributed by atoms with Gasteiger partial charge in [0.2, 0.25) is 0 Å². The molecule has 1 N–H and O–H groups in total. The lowest BCUT2D eigenvalue weighted by Crippen LogP contribution is -2.43. The van der Waals surface area contributed by atoms with Gasteiger partial charge in [-0.25, -0.2) is 0 Å². The summed E-state index contributed by atoms with van der Waals surface area (Å²) in [5, 5.41) is 3.85. The maximum Gasteiger partial charge on any atom is 0.251 e. The fourth-order valence-corrected chi connectivity index (χ4v) is 3.57. The van der Waals surface area contributed by atoms with Crippen molar-refractivity contribution in [2.24, 2.45) is 0 Å². The number of hydrogen-bond donors (Lipinski definition) is 1. The zero-order valence-electron chi connectivity index (χ0n) is 16.1. The van der Waals surface area contributed by atoms with Crippen LogP contribution in [0.5, 0.6) is 0 Å². The molecule has 1 saturated heterocycles. The third-order valence-electron chi connectivity index (χ3n) is 4.92. The van der Waals surface area contributed by atoms with Crippen LogP contribution in [0, 0.1) is 0 Å². The molecule has 0 bridgehead atoms. The Bertz CT molecular complexity index is 806. The van der Waals surface area contributed by atoms with E-state index in [1.165, 1.54) is 5.56 Å². The fraction of sp³-hybridized carbons (Fsp3) is 0.381. The molecule has 0 aliphatic carbocycles. The first-order valence-electron chi connectivity index (χ1n) is 9.28. The van der Waals surface area contributed by atoms with E-state index in [9.17, 15) is 4.79 Å². The molecule has 150 valence electrons. The van der Waals surface area contributed by atoms with Gasteiger partial charge in [-0.1, -0.05) is 35.3 Å². The number of rotatable bonds is 6. The maximum atomic E-state index is 12.6. The van der Waals surface area contributed by atoms with Crippen LogP contribution in [0.25, 0.3) is 0 Å². The molecule has 1 amide bonds. The summed E-state index contributed by atoms with van der Waals surface area (Å²) in [6.45, 7) is 3.58. The molecule has 1 fully saturated rings. The van der Waals surface area contributed by atoms with Crippen LogP contribution in [-0.2, 0) is 4.74 Å². The van der Waals surface area contributed by atoms with Gasteiger partial charge in [0, 0.05) is 45.0 Å². The van der Waals surface area contributed by atoms with Gasteiger partial charge in [0.05, 0.1) is 29.3 Å². The second kappa shape index (κ2) is 9.61. The minimum absolute atomic E-state index is 0.0758. The Balaban J connectivity index is 1.75. The molecule has 0 aromatic heterocycles. The molecule has 0 saturated carbocycles. The normalized spacial score (nSPS) is 15.9. The van der Waals surface area contributed by atoms with Crippen molar-refractivity contribution in [3.63, 3.8) is 0 Å². The van der Waals surface area contributed by atoms with E-state index in [1.54, 1.807) is 18.2 Å². The van der Waals surface area contributed by atoms with Crippen molar-refractivity contribution in [2.75, 3.05) is 51.8 Å². The third-order valence-corrected chi connectivity index (χ3v) is 5.66. The molecule has 5 nitrogen and oxygen atoms in total. The lowest BCUT2D eigenvalue weighted by atomic mass is 10.0. The van der Waals surface area contributed by atoms with E-state index in [0.717, 1.165) is 18.8 Å². The third kappa shape index (κ3) is 5.17. The summed E-state index contributed by atoms with van der Waals surface area (Å²) in [7, 11) is 4.04. The monoisotopic (exact) mass is 421 g/mol. The number of benzene rings is 2. The molecule has 0 radical (unpaired) electrons. The summed E-state index contributed by atoms with van der Waals surface area (Å²) in [4.78, 5) is 17.0. The first-order valence-corrected chi connectivity index (χ1v) is 10.0. The molecule has 1 heterocycles. The van der Waals surface area contributed by atoms with Gasteiger partial charge in [0.15, 0.2) is 0 Å². The molecular weight excluding hydrogens is 397 g/mol. The Morgan fingerprint density at radius 3 is 2.39 bits per heavy atom. The molecule has 3 rings (SSSR count). The maximum absolute atomic E-state index is 12.6. The molecular formula is C21H25Cl2N3O2. The van der Waals surface area contributed by atoms with E-state index in [2.05, 4.69) is 39.4 Å². The highest BCUT2D eigenvalue weighted by Crippen LogP contribution is 2.25. The summed E-state index contributed by atoms with van der Waals surface area (Å²) < 4.78 is 5.49. The van der Waals surface area contributed by atoms with Gasteiger partial charge < -0.3 is 15.0 Å². The molecule has 1 atom stereocenters. The van der Waals surface area contributed by atoms with Crippen LogP contribution in [0.2, 0.25) is 10.0 Å². The van der Waals surface area contributed by atoms with Crippen molar-refractivity contribution in [2.45, 2.75) is 6.04 Å². The predicted molar refractivity (Wildman–Crippen MR) is 115 cm³/mol. The molecule has 28 heavy (non-hydrogen) atoms. The number of carbonyl (C=O) groups is 1. The summed E-state index contributed by atoms with van der Waals surface area (Å²) in [6.07, 6.45) is 0. The second-order valence-corrected chi connectivity index (χ2v) is 7.80. The Labute approximate surface area is 176 Å². The number of amides is 1. The molecule has 2 aromatic rings. The highest BCUT2D eigenvalue weighted by Gasteiger charge is 2.23. The number of hydrogen-bond acceptors (Lipinski definition) is 4. The number of halogens is 2. The predicted octanol–water partition coefficient (Wildman–Crippen LogP) is 3.86. The van der Waals surface area contributed by atoms with Crippen molar-refractivity contribution in [3.8, 4) is 0 Å². The van der Waals surface area contributed by atoms with Gasteiger partial charge in [-0.15, -0.1) is 0 Å². The SMILES string of the molecule is CN(C)c1ccc([C@@H](CNC(=O)c2ccc(Cl)c(Cl)c2)N2CCOCC2)cc1. The average molecular weight is 422 g/mol. The summed E-state index contributed by atoms with van der Waals surface area (Å²) in [6, 6.07) is 13.4. The first kappa shape index (κ1) is 20.9. The molecule has 0 spiro atoms. The Morgan fingerprint density at radius 1 is 1.11 bits per heavy atom. The van der Waals surface area contributed by atoms with Crippen LogP contribution in [0.4, 0.5) is 5.69 Å². The van der Waals surface area contributed by atoms with Crippen LogP contribution < -0.4 is 10.2 Å². The van der Waals surface area contributed by atoms with Gasteiger partial charge in [-0.05, 0) is 35.9 Å². The molecule has 1 aliphatic heterocycles. The second-order valence-electron chi connectivity index (χ2n) is 6.99. The van der Waals surface area contributed by atoms with E-state index in [4.69, 9.17) is 27.9 Å². The van der Waals surface area contributed by atoms with E-state index >= 15 is 0 Å². The number of nitrogens with zero attached hydrogens (tertiary/aromatic N) is 2. The number of nitrogens with one attached hydrogen (secondary N) is 1. The number of ether oxygens (including phenoxy) is 1. The van der Waals surface area contributed by atoms with Crippen LogP contribution in [0.3, 0.4) is 0 Å². The van der Waals surface area contributed by atoms with E-state index in [1.807, 2.05) is 14.1 Å². The molecule has 7 heteroatoms. The average Bonchev–Trinajstić information content (AvgIpc) is 2.71. The zero-order chi connectivity index (χ0) is 20.1. The Hall–Kier alpha value is -1.79. The van der Waals surface area contributed by atoms with Gasteiger partial charge in [-0.2, -0.15) is 0 Å². The molecule has 1 aliphatic rings. The van der Waals surface area contributed by atoms with Gasteiger partial charge in [-0.3, -0.25) is 9.69 Å².